The van der Waals surface area contributed by atoms with Gasteiger partial charge in [0.15, 0.2) is 0 Å². The molecule has 2 aromatic carbocycles. The maximum atomic E-state index is 10.7. The van der Waals surface area contributed by atoms with E-state index in [1.165, 1.54) is 16.3 Å². The van der Waals surface area contributed by atoms with Gasteiger partial charge in [-0.2, -0.15) is 0 Å². The summed E-state index contributed by atoms with van der Waals surface area (Å²) in [5.41, 5.74) is 1.25. The smallest absolute Gasteiger partial charge is 0.306 e. The normalized spacial score (nSPS) is 12.5. The van der Waals surface area contributed by atoms with E-state index in [9.17, 15) is 4.79 Å². The Bertz CT molecular complexity index is 560. The Kier molecular flexibility index (Phi) is 4.53. The zero-order valence-corrected chi connectivity index (χ0v) is 11.1. The molecule has 3 nitrogen and oxygen atoms in total. The highest BCUT2D eigenvalue weighted by Crippen LogP contribution is 2.18. The Morgan fingerprint density at radius 1 is 1.21 bits per heavy atom. The van der Waals surface area contributed by atoms with Gasteiger partial charge in [-0.05, 0) is 29.3 Å². The fourth-order valence-electron chi connectivity index (χ4n) is 2.11. The van der Waals surface area contributed by atoms with Crippen molar-refractivity contribution in [2.45, 2.75) is 19.9 Å². The van der Waals surface area contributed by atoms with E-state index in [2.05, 4.69) is 35.6 Å². The summed E-state index contributed by atoms with van der Waals surface area (Å²) in [6.07, 6.45) is 0.653. The molecule has 2 rings (SSSR count). The van der Waals surface area contributed by atoms with Gasteiger partial charge in [0.1, 0.15) is 0 Å². The summed E-state index contributed by atoms with van der Waals surface area (Å²) in [6, 6.07) is 14.6. The number of rotatable bonds is 6. The largest absolute Gasteiger partial charge is 0.481 e. The molecule has 0 aromatic heterocycles. The van der Waals surface area contributed by atoms with Gasteiger partial charge in [-0.3, -0.25) is 4.79 Å². The molecule has 3 heteroatoms. The molecule has 0 saturated heterocycles. The quantitative estimate of drug-likeness (QED) is 0.782. The van der Waals surface area contributed by atoms with E-state index in [4.69, 9.17) is 5.11 Å². The van der Waals surface area contributed by atoms with E-state index in [0.717, 1.165) is 13.1 Å². The molecule has 0 radical (unpaired) electrons. The molecule has 2 N–H and O–H groups in total. The molecule has 2 aromatic rings. The third-order valence-corrected chi connectivity index (χ3v) is 3.37. The lowest BCUT2D eigenvalue weighted by molar-refractivity contribution is -0.141. The number of hydrogen-bond donors (Lipinski definition) is 2. The Labute approximate surface area is 113 Å². The third kappa shape index (κ3) is 3.55. The molecule has 1 atom stereocenters. The Morgan fingerprint density at radius 3 is 2.74 bits per heavy atom. The van der Waals surface area contributed by atoms with Gasteiger partial charge in [-0.25, -0.2) is 0 Å². The van der Waals surface area contributed by atoms with Crippen LogP contribution in [-0.4, -0.2) is 17.6 Å². The van der Waals surface area contributed by atoms with Crippen molar-refractivity contribution < 1.29 is 9.90 Å². The summed E-state index contributed by atoms with van der Waals surface area (Å²) < 4.78 is 0. The lowest BCUT2D eigenvalue weighted by Gasteiger charge is -2.09. The summed E-state index contributed by atoms with van der Waals surface area (Å²) >= 11 is 0. The molecule has 0 spiro atoms. The van der Waals surface area contributed by atoms with Crippen molar-refractivity contribution in [1.29, 1.82) is 0 Å². The highest BCUT2D eigenvalue weighted by Gasteiger charge is 2.09. The van der Waals surface area contributed by atoms with E-state index in [1.807, 2.05) is 12.1 Å². The van der Waals surface area contributed by atoms with Crippen molar-refractivity contribution in [1.82, 2.24) is 5.32 Å². The molecule has 0 aliphatic heterocycles. The molecule has 1 unspecified atom stereocenters. The zero-order chi connectivity index (χ0) is 13.7. The van der Waals surface area contributed by atoms with Crippen molar-refractivity contribution >= 4 is 16.7 Å². The van der Waals surface area contributed by atoms with Gasteiger partial charge >= 0.3 is 5.97 Å². The monoisotopic (exact) mass is 257 g/mol. The number of hydrogen-bond acceptors (Lipinski definition) is 2. The van der Waals surface area contributed by atoms with Crippen molar-refractivity contribution in [3.05, 3.63) is 48.0 Å². The molecule has 19 heavy (non-hydrogen) atoms. The average molecular weight is 257 g/mol. The molecule has 0 fully saturated rings. The maximum absolute atomic E-state index is 10.7. The van der Waals surface area contributed by atoms with E-state index >= 15 is 0 Å². The first kappa shape index (κ1) is 13.6. The zero-order valence-electron chi connectivity index (χ0n) is 11.1. The first-order valence-electron chi connectivity index (χ1n) is 6.58. The van der Waals surface area contributed by atoms with Gasteiger partial charge in [-0.1, -0.05) is 49.4 Å². The molecular formula is C16H19NO2. The minimum Gasteiger partial charge on any atom is -0.481 e. The highest BCUT2D eigenvalue weighted by atomic mass is 16.4. The second-order valence-corrected chi connectivity index (χ2v) is 4.84. The number of fused-ring (bicyclic) bond motifs is 1. The predicted octanol–water partition coefficient (Wildman–Crippen LogP) is 3.04. The van der Waals surface area contributed by atoms with Gasteiger partial charge in [0.05, 0.1) is 5.92 Å². The van der Waals surface area contributed by atoms with Gasteiger partial charge in [0, 0.05) is 6.54 Å². The van der Waals surface area contributed by atoms with Gasteiger partial charge in [0.2, 0.25) is 0 Å². The van der Waals surface area contributed by atoms with Crippen LogP contribution in [0.1, 0.15) is 18.9 Å². The van der Waals surface area contributed by atoms with Gasteiger partial charge in [0.25, 0.3) is 0 Å². The molecule has 0 aliphatic carbocycles. The van der Waals surface area contributed by atoms with Crippen LogP contribution >= 0.6 is 0 Å². The molecule has 100 valence electrons. The number of benzene rings is 2. The Hall–Kier alpha value is -1.87. The third-order valence-electron chi connectivity index (χ3n) is 3.37. The Balaban J connectivity index is 1.93. The van der Waals surface area contributed by atoms with Crippen LogP contribution in [0.5, 0.6) is 0 Å². The molecule has 0 bridgehead atoms. The second-order valence-electron chi connectivity index (χ2n) is 4.84. The number of carboxylic acid groups (broad SMARTS) is 1. The van der Waals surface area contributed by atoms with Crippen LogP contribution in [0.4, 0.5) is 0 Å². The second kappa shape index (κ2) is 6.34. The van der Waals surface area contributed by atoms with Gasteiger partial charge < -0.3 is 10.4 Å². The highest BCUT2D eigenvalue weighted by molar-refractivity contribution is 5.85. The maximum Gasteiger partial charge on any atom is 0.306 e. The number of aliphatic carboxylic acids is 1. The summed E-state index contributed by atoms with van der Waals surface area (Å²) in [7, 11) is 0. The van der Waals surface area contributed by atoms with E-state index in [1.54, 1.807) is 6.92 Å². The van der Waals surface area contributed by atoms with E-state index in [-0.39, 0.29) is 5.92 Å². The topological polar surface area (TPSA) is 49.3 Å². The summed E-state index contributed by atoms with van der Waals surface area (Å²) in [4.78, 5) is 10.7. The lowest BCUT2D eigenvalue weighted by Crippen LogP contribution is -2.20. The van der Waals surface area contributed by atoms with Crippen LogP contribution in [0.3, 0.4) is 0 Å². The summed E-state index contributed by atoms with van der Waals surface area (Å²) in [6.45, 7) is 3.23. The van der Waals surface area contributed by atoms with Crippen LogP contribution in [0.15, 0.2) is 42.5 Å². The minimum absolute atomic E-state index is 0.292. The molecule has 0 aliphatic rings. The number of nitrogens with one attached hydrogen (secondary N) is 1. The van der Waals surface area contributed by atoms with Crippen LogP contribution in [0.2, 0.25) is 0 Å². The first-order valence-corrected chi connectivity index (χ1v) is 6.58. The molecule has 0 amide bonds. The number of carbonyl (C=O) groups is 1. The van der Waals surface area contributed by atoms with Crippen LogP contribution in [-0.2, 0) is 11.3 Å². The summed E-state index contributed by atoms with van der Waals surface area (Å²) in [5.74, 6) is -1.02. The van der Waals surface area contributed by atoms with Crippen LogP contribution in [0.25, 0.3) is 10.8 Å². The van der Waals surface area contributed by atoms with Crippen molar-refractivity contribution in [2.75, 3.05) is 6.54 Å². The van der Waals surface area contributed by atoms with E-state index in [0.29, 0.717) is 6.42 Å². The van der Waals surface area contributed by atoms with Crippen LogP contribution < -0.4 is 5.32 Å². The van der Waals surface area contributed by atoms with E-state index < -0.39 is 5.97 Å². The lowest BCUT2D eigenvalue weighted by atomic mass is 10.0. The fraction of sp³-hybridized carbons (Fsp3) is 0.312. The first-order chi connectivity index (χ1) is 9.18. The molecular weight excluding hydrogens is 238 g/mol. The molecule has 0 heterocycles. The summed E-state index contributed by atoms with van der Waals surface area (Å²) in [5, 5.41) is 14.6. The standard InChI is InChI=1S/C16H19NO2/c1-12(16(18)19)9-10-17-11-14-7-4-6-13-5-2-3-8-15(13)14/h2-8,12,17H,9-11H2,1H3,(H,18,19). The van der Waals surface area contributed by atoms with Crippen molar-refractivity contribution in [2.24, 2.45) is 5.92 Å². The minimum atomic E-state index is -0.730. The van der Waals surface area contributed by atoms with Crippen LogP contribution in [0, 0.1) is 5.92 Å². The average Bonchev–Trinajstić information content (AvgIpc) is 2.43. The SMILES string of the molecule is CC(CCNCc1cccc2ccccc12)C(=O)O. The number of carboxylic acids is 1. The predicted molar refractivity (Wildman–Crippen MR) is 77.1 cm³/mol. The molecule has 0 saturated carbocycles. The van der Waals surface area contributed by atoms with Crippen molar-refractivity contribution in [3.8, 4) is 0 Å². The fourth-order valence-corrected chi connectivity index (χ4v) is 2.11. The van der Waals surface area contributed by atoms with Gasteiger partial charge in [-0.15, -0.1) is 0 Å². The Morgan fingerprint density at radius 2 is 1.95 bits per heavy atom. The van der Waals surface area contributed by atoms with Crippen molar-refractivity contribution in [3.63, 3.8) is 0 Å².